The van der Waals surface area contributed by atoms with E-state index >= 15 is 0 Å². The first-order chi connectivity index (χ1) is 16.6. The van der Waals surface area contributed by atoms with Gasteiger partial charge in [0, 0.05) is 22.8 Å². The SMILES string of the molecule is COc1ccc(C(CNC(=O)c2ccccc2SCc2c(C)noc2C)N2CCCCC2)cc1. The summed E-state index contributed by atoms with van der Waals surface area (Å²) >= 11 is 1.64. The van der Waals surface area contributed by atoms with Gasteiger partial charge in [0.2, 0.25) is 0 Å². The minimum atomic E-state index is -0.0441. The number of thioether (sulfide) groups is 1. The molecule has 1 fully saturated rings. The smallest absolute Gasteiger partial charge is 0.252 e. The summed E-state index contributed by atoms with van der Waals surface area (Å²) < 4.78 is 10.6. The zero-order valence-electron chi connectivity index (χ0n) is 20.2. The van der Waals surface area contributed by atoms with Crippen LogP contribution in [0, 0.1) is 13.8 Å². The second-order valence-corrected chi connectivity index (χ2v) is 9.70. The molecule has 2 heterocycles. The number of hydrogen-bond acceptors (Lipinski definition) is 6. The number of methoxy groups -OCH3 is 1. The van der Waals surface area contributed by atoms with Crippen molar-refractivity contribution < 1.29 is 14.1 Å². The van der Waals surface area contributed by atoms with E-state index in [-0.39, 0.29) is 11.9 Å². The average Bonchev–Trinajstić information content (AvgIpc) is 3.20. The van der Waals surface area contributed by atoms with Crippen LogP contribution in [0.5, 0.6) is 5.75 Å². The molecule has 1 saturated heterocycles. The van der Waals surface area contributed by atoms with Gasteiger partial charge in [-0.25, -0.2) is 0 Å². The number of aromatic nitrogens is 1. The van der Waals surface area contributed by atoms with Gasteiger partial charge in [-0.15, -0.1) is 11.8 Å². The third-order valence-corrected chi connectivity index (χ3v) is 7.57. The zero-order valence-corrected chi connectivity index (χ0v) is 21.0. The van der Waals surface area contributed by atoms with E-state index in [2.05, 4.69) is 27.5 Å². The molecule has 0 bridgehead atoms. The Morgan fingerprint density at radius 1 is 1.12 bits per heavy atom. The van der Waals surface area contributed by atoms with E-state index < -0.39 is 0 Å². The number of hydrogen-bond donors (Lipinski definition) is 1. The Kier molecular flexibility index (Phi) is 8.29. The predicted octanol–water partition coefficient (Wildman–Crippen LogP) is 5.55. The Bertz CT molecular complexity index is 1070. The molecule has 0 saturated carbocycles. The number of ether oxygens (including phenoxy) is 1. The van der Waals surface area contributed by atoms with Crippen molar-refractivity contribution >= 4 is 17.7 Å². The van der Waals surface area contributed by atoms with Crippen molar-refractivity contribution in [2.75, 3.05) is 26.7 Å². The number of likely N-dealkylation sites (tertiary alicyclic amines) is 1. The third kappa shape index (κ3) is 5.83. The fourth-order valence-corrected chi connectivity index (χ4v) is 5.64. The molecule has 7 heteroatoms. The summed E-state index contributed by atoms with van der Waals surface area (Å²) in [5.41, 5.74) is 3.89. The molecule has 6 nitrogen and oxygen atoms in total. The van der Waals surface area contributed by atoms with Crippen molar-refractivity contribution in [3.8, 4) is 5.75 Å². The van der Waals surface area contributed by atoms with Crippen LogP contribution in [0.3, 0.4) is 0 Å². The highest BCUT2D eigenvalue weighted by molar-refractivity contribution is 7.98. The minimum Gasteiger partial charge on any atom is -0.497 e. The topological polar surface area (TPSA) is 67.6 Å². The number of rotatable bonds is 9. The van der Waals surface area contributed by atoms with Crippen molar-refractivity contribution in [3.63, 3.8) is 0 Å². The fourth-order valence-electron chi connectivity index (χ4n) is 4.44. The summed E-state index contributed by atoms with van der Waals surface area (Å²) in [6.45, 7) is 6.54. The molecule has 1 amide bonds. The molecule has 1 aliphatic rings. The second-order valence-electron chi connectivity index (χ2n) is 8.68. The van der Waals surface area contributed by atoms with Crippen LogP contribution in [0.15, 0.2) is 57.9 Å². The number of carbonyl (C=O) groups is 1. The molecule has 2 aromatic carbocycles. The van der Waals surface area contributed by atoms with E-state index in [0.717, 1.165) is 40.8 Å². The van der Waals surface area contributed by atoms with Gasteiger partial charge >= 0.3 is 0 Å². The number of piperidine rings is 1. The standard InChI is InChI=1S/C27H33N3O3S/c1-19-24(20(2)33-29-19)18-34-26-10-6-5-9-23(26)27(31)28-17-25(30-15-7-4-8-16-30)21-11-13-22(32-3)14-12-21/h5-6,9-14,25H,4,7-8,15-18H2,1-3H3,(H,28,31). The van der Waals surface area contributed by atoms with Crippen LogP contribution in [0.4, 0.5) is 0 Å². The Balaban J connectivity index is 1.47. The molecule has 4 rings (SSSR count). The van der Waals surface area contributed by atoms with Crippen LogP contribution in [-0.2, 0) is 5.75 Å². The lowest BCUT2D eigenvalue weighted by molar-refractivity contribution is 0.0921. The Morgan fingerprint density at radius 3 is 2.53 bits per heavy atom. The lowest BCUT2D eigenvalue weighted by Crippen LogP contribution is -2.40. The van der Waals surface area contributed by atoms with Gasteiger partial charge in [0.1, 0.15) is 11.5 Å². The third-order valence-electron chi connectivity index (χ3n) is 6.47. The number of nitrogens with zero attached hydrogens (tertiary/aromatic N) is 2. The maximum Gasteiger partial charge on any atom is 0.252 e. The first-order valence-electron chi connectivity index (χ1n) is 11.9. The van der Waals surface area contributed by atoms with Crippen LogP contribution in [0.2, 0.25) is 0 Å². The van der Waals surface area contributed by atoms with E-state index in [4.69, 9.17) is 9.26 Å². The molecule has 1 N–H and O–H groups in total. The molecular formula is C27H33N3O3S. The number of benzene rings is 2. The van der Waals surface area contributed by atoms with Gasteiger partial charge in [0.25, 0.3) is 5.91 Å². The molecule has 1 aromatic heterocycles. The average molecular weight is 480 g/mol. The lowest BCUT2D eigenvalue weighted by atomic mass is 10.0. The summed E-state index contributed by atoms with van der Waals surface area (Å²) in [6.07, 6.45) is 3.66. The maximum atomic E-state index is 13.3. The number of amides is 1. The summed E-state index contributed by atoms with van der Waals surface area (Å²) in [6, 6.07) is 16.1. The molecule has 0 spiro atoms. The molecular weight excluding hydrogens is 446 g/mol. The molecule has 0 radical (unpaired) electrons. The van der Waals surface area contributed by atoms with Crippen LogP contribution in [0.1, 0.15) is 58.2 Å². The Hall–Kier alpha value is -2.77. The summed E-state index contributed by atoms with van der Waals surface area (Å²) in [5, 5.41) is 7.26. The van der Waals surface area contributed by atoms with Gasteiger partial charge in [0.15, 0.2) is 0 Å². The monoisotopic (exact) mass is 479 g/mol. The minimum absolute atomic E-state index is 0.0441. The quantitative estimate of drug-likeness (QED) is 0.406. The molecule has 0 aliphatic carbocycles. The fraction of sp³-hybridized carbons (Fsp3) is 0.407. The summed E-state index contributed by atoms with van der Waals surface area (Å²) in [5.74, 6) is 2.34. The van der Waals surface area contributed by atoms with E-state index in [0.29, 0.717) is 17.9 Å². The first-order valence-corrected chi connectivity index (χ1v) is 12.8. The van der Waals surface area contributed by atoms with Crippen LogP contribution in [-0.4, -0.2) is 42.7 Å². The van der Waals surface area contributed by atoms with Gasteiger partial charge in [-0.3, -0.25) is 9.69 Å². The van der Waals surface area contributed by atoms with Crippen LogP contribution < -0.4 is 10.1 Å². The van der Waals surface area contributed by atoms with Crippen molar-refractivity contribution in [3.05, 3.63) is 76.7 Å². The largest absolute Gasteiger partial charge is 0.497 e. The normalized spacial score (nSPS) is 15.1. The molecule has 1 unspecified atom stereocenters. The van der Waals surface area contributed by atoms with E-state index in [9.17, 15) is 4.79 Å². The van der Waals surface area contributed by atoms with Crippen molar-refractivity contribution in [2.45, 2.75) is 49.8 Å². The highest BCUT2D eigenvalue weighted by Gasteiger charge is 2.24. The molecule has 180 valence electrons. The van der Waals surface area contributed by atoms with Crippen LogP contribution >= 0.6 is 11.8 Å². The van der Waals surface area contributed by atoms with Gasteiger partial charge < -0.3 is 14.6 Å². The van der Waals surface area contributed by atoms with Crippen molar-refractivity contribution in [2.24, 2.45) is 0 Å². The molecule has 3 aromatic rings. The van der Waals surface area contributed by atoms with Gasteiger partial charge in [-0.2, -0.15) is 0 Å². The number of nitrogens with one attached hydrogen (secondary N) is 1. The predicted molar refractivity (Wildman–Crippen MR) is 135 cm³/mol. The number of aryl methyl sites for hydroxylation is 2. The van der Waals surface area contributed by atoms with E-state index in [1.165, 1.54) is 24.8 Å². The maximum absolute atomic E-state index is 13.3. The summed E-state index contributed by atoms with van der Waals surface area (Å²) in [7, 11) is 1.68. The van der Waals surface area contributed by atoms with E-state index in [1.807, 2.05) is 50.2 Å². The van der Waals surface area contributed by atoms with Gasteiger partial charge in [0.05, 0.1) is 24.4 Å². The molecule has 1 aliphatic heterocycles. The lowest BCUT2D eigenvalue weighted by Gasteiger charge is -2.35. The number of carbonyl (C=O) groups excluding carboxylic acids is 1. The second kappa shape index (κ2) is 11.6. The Morgan fingerprint density at radius 2 is 1.85 bits per heavy atom. The summed E-state index contributed by atoms with van der Waals surface area (Å²) in [4.78, 5) is 16.7. The Labute approximate surface area is 206 Å². The van der Waals surface area contributed by atoms with Gasteiger partial charge in [-0.05, 0) is 69.6 Å². The first kappa shape index (κ1) is 24.4. The van der Waals surface area contributed by atoms with Crippen molar-refractivity contribution in [1.29, 1.82) is 0 Å². The highest BCUT2D eigenvalue weighted by Crippen LogP contribution is 2.30. The molecule has 34 heavy (non-hydrogen) atoms. The van der Waals surface area contributed by atoms with Crippen LogP contribution in [0.25, 0.3) is 0 Å². The van der Waals surface area contributed by atoms with Gasteiger partial charge in [-0.1, -0.05) is 35.8 Å². The van der Waals surface area contributed by atoms with E-state index in [1.54, 1.807) is 18.9 Å². The van der Waals surface area contributed by atoms with Crippen molar-refractivity contribution in [1.82, 2.24) is 15.4 Å². The zero-order chi connectivity index (χ0) is 23.9. The molecule has 1 atom stereocenters. The highest BCUT2D eigenvalue weighted by atomic mass is 32.2.